The van der Waals surface area contributed by atoms with E-state index in [0.717, 1.165) is 33.9 Å². The molecule has 0 saturated heterocycles. The van der Waals surface area contributed by atoms with Crippen LogP contribution in [0.1, 0.15) is 22.9 Å². The summed E-state index contributed by atoms with van der Waals surface area (Å²) >= 11 is 3.22. The molecule has 128 valence electrons. The molecular formula is C19H19N3OS2. The lowest BCUT2D eigenvalue weighted by Gasteiger charge is -2.21. The van der Waals surface area contributed by atoms with Crippen molar-refractivity contribution in [3.8, 4) is 0 Å². The maximum Gasteiger partial charge on any atom is 0.240 e. The van der Waals surface area contributed by atoms with Crippen LogP contribution in [0.5, 0.6) is 0 Å². The topological polar surface area (TPSA) is 46.1 Å². The molecule has 0 aliphatic carbocycles. The Morgan fingerprint density at radius 1 is 1.28 bits per heavy atom. The zero-order valence-corrected chi connectivity index (χ0v) is 16.1. The van der Waals surface area contributed by atoms with Crippen LogP contribution in [0.3, 0.4) is 0 Å². The number of thiophene rings is 1. The van der Waals surface area contributed by atoms with Crippen molar-refractivity contribution in [1.82, 2.24) is 9.97 Å². The smallest absolute Gasteiger partial charge is 0.240 e. The molecule has 1 aliphatic rings. The lowest BCUT2D eigenvalue weighted by atomic mass is 10.2. The number of rotatable bonds is 3. The molecule has 1 aromatic carbocycles. The Hall–Kier alpha value is -1.92. The molecule has 1 atom stereocenters. The highest BCUT2D eigenvalue weighted by atomic mass is 32.2. The Kier molecular flexibility index (Phi) is 4.25. The molecule has 1 unspecified atom stereocenters. The van der Waals surface area contributed by atoms with Crippen molar-refractivity contribution in [2.24, 2.45) is 0 Å². The van der Waals surface area contributed by atoms with Crippen LogP contribution in [0.4, 0.5) is 5.69 Å². The number of aromatic nitrogens is 2. The number of anilines is 1. The van der Waals surface area contributed by atoms with Crippen molar-refractivity contribution in [3.05, 3.63) is 46.6 Å². The number of para-hydroxylation sites is 1. The zero-order chi connectivity index (χ0) is 17.6. The molecule has 0 N–H and O–H groups in total. The van der Waals surface area contributed by atoms with Gasteiger partial charge in [0, 0.05) is 22.5 Å². The summed E-state index contributed by atoms with van der Waals surface area (Å²) in [5, 5.41) is 1.81. The van der Waals surface area contributed by atoms with E-state index in [0.29, 0.717) is 0 Å². The quantitative estimate of drug-likeness (QED) is 0.508. The maximum absolute atomic E-state index is 13.0. The molecule has 6 heteroatoms. The molecule has 1 aliphatic heterocycles. The van der Waals surface area contributed by atoms with E-state index >= 15 is 0 Å². The molecule has 25 heavy (non-hydrogen) atoms. The molecule has 0 fully saturated rings. The van der Waals surface area contributed by atoms with Crippen LogP contribution in [-0.2, 0) is 11.2 Å². The molecule has 4 nitrogen and oxygen atoms in total. The van der Waals surface area contributed by atoms with Crippen molar-refractivity contribution < 1.29 is 4.79 Å². The summed E-state index contributed by atoms with van der Waals surface area (Å²) in [5.41, 5.74) is 3.52. The van der Waals surface area contributed by atoms with Crippen molar-refractivity contribution in [2.45, 2.75) is 37.5 Å². The molecule has 3 aromatic rings. The summed E-state index contributed by atoms with van der Waals surface area (Å²) in [4.78, 5) is 26.0. The van der Waals surface area contributed by atoms with Gasteiger partial charge in [0.2, 0.25) is 5.91 Å². The largest absolute Gasteiger partial charge is 0.311 e. The van der Waals surface area contributed by atoms with Crippen molar-refractivity contribution in [3.63, 3.8) is 0 Å². The van der Waals surface area contributed by atoms with Gasteiger partial charge in [-0.3, -0.25) is 4.79 Å². The summed E-state index contributed by atoms with van der Waals surface area (Å²) in [6, 6.07) is 8.16. The van der Waals surface area contributed by atoms with Gasteiger partial charge in [-0.2, -0.15) is 0 Å². The number of carbonyl (C=O) groups excluding carboxylic acids is 1. The highest BCUT2D eigenvalue weighted by molar-refractivity contribution is 8.00. The van der Waals surface area contributed by atoms with Crippen LogP contribution in [0, 0.1) is 13.8 Å². The van der Waals surface area contributed by atoms with E-state index < -0.39 is 0 Å². The molecule has 0 spiro atoms. The van der Waals surface area contributed by atoms with E-state index in [4.69, 9.17) is 0 Å². The minimum atomic E-state index is -0.191. The third kappa shape index (κ3) is 2.83. The van der Waals surface area contributed by atoms with E-state index in [1.54, 1.807) is 17.7 Å². The van der Waals surface area contributed by atoms with E-state index in [2.05, 4.69) is 29.9 Å². The fraction of sp³-hybridized carbons (Fsp3) is 0.316. The Labute approximate surface area is 155 Å². The van der Waals surface area contributed by atoms with Crippen LogP contribution < -0.4 is 4.90 Å². The molecule has 4 rings (SSSR count). The van der Waals surface area contributed by atoms with Gasteiger partial charge in [0.15, 0.2) is 0 Å². The molecule has 1 amide bonds. The van der Waals surface area contributed by atoms with Gasteiger partial charge in [-0.1, -0.05) is 30.0 Å². The van der Waals surface area contributed by atoms with Gasteiger partial charge in [-0.15, -0.1) is 11.3 Å². The lowest BCUT2D eigenvalue weighted by molar-refractivity contribution is -0.117. The zero-order valence-electron chi connectivity index (χ0n) is 14.4. The third-order valence-electron chi connectivity index (χ3n) is 4.72. The Balaban J connectivity index is 1.61. The van der Waals surface area contributed by atoms with Gasteiger partial charge in [-0.05, 0) is 44.4 Å². The average Bonchev–Trinajstić information content (AvgIpc) is 3.16. The Bertz CT molecular complexity index is 966. The molecule has 3 heterocycles. The normalized spacial score (nSPS) is 14.8. The van der Waals surface area contributed by atoms with Gasteiger partial charge in [0.25, 0.3) is 0 Å². The molecular weight excluding hydrogens is 350 g/mol. The van der Waals surface area contributed by atoms with Crippen molar-refractivity contribution in [1.29, 1.82) is 0 Å². The van der Waals surface area contributed by atoms with Crippen LogP contribution in [0.25, 0.3) is 10.2 Å². The summed E-state index contributed by atoms with van der Waals surface area (Å²) in [6.07, 6.45) is 2.53. The highest BCUT2D eigenvalue weighted by Gasteiger charge is 2.29. The number of hydrogen-bond donors (Lipinski definition) is 0. The number of fused-ring (bicyclic) bond motifs is 2. The van der Waals surface area contributed by atoms with Crippen molar-refractivity contribution in [2.75, 3.05) is 11.4 Å². The summed E-state index contributed by atoms with van der Waals surface area (Å²) in [5.74, 6) is 0.145. The SMILES string of the molecule is Cc1sc2ncnc(SC(C)C(=O)N3CCc4ccccc43)c2c1C. The first-order chi connectivity index (χ1) is 12.1. The summed E-state index contributed by atoms with van der Waals surface area (Å²) in [7, 11) is 0. The first-order valence-electron chi connectivity index (χ1n) is 8.33. The first kappa shape index (κ1) is 16.5. The third-order valence-corrected chi connectivity index (χ3v) is 6.92. The standard InChI is InChI=1S/C19H19N3OS2/c1-11-12(2)24-17-16(11)18(21-10-20-17)25-13(3)19(23)22-9-8-14-6-4-5-7-15(14)22/h4-7,10,13H,8-9H2,1-3H3. The van der Waals surface area contributed by atoms with Gasteiger partial charge < -0.3 is 4.90 Å². The minimum Gasteiger partial charge on any atom is -0.311 e. The summed E-state index contributed by atoms with van der Waals surface area (Å²) < 4.78 is 0. The molecule has 0 radical (unpaired) electrons. The van der Waals surface area contributed by atoms with Gasteiger partial charge in [0.1, 0.15) is 16.2 Å². The number of thioether (sulfide) groups is 1. The maximum atomic E-state index is 13.0. The predicted octanol–water partition coefficient (Wildman–Crippen LogP) is 4.38. The second kappa shape index (κ2) is 6.42. The molecule has 0 bridgehead atoms. The van der Waals surface area contributed by atoms with Gasteiger partial charge in [-0.25, -0.2) is 9.97 Å². The van der Waals surface area contributed by atoms with Crippen molar-refractivity contribution >= 4 is 44.9 Å². The highest BCUT2D eigenvalue weighted by Crippen LogP contribution is 2.37. The van der Waals surface area contributed by atoms with E-state index in [-0.39, 0.29) is 11.2 Å². The minimum absolute atomic E-state index is 0.145. The monoisotopic (exact) mass is 369 g/mol. The number of aryl methyl sites for hydroxylation is 2. The van der Waals surface area contributed by atoms with Gasteiger partial charge >= 0.3 is 0 Å². The van der Waals surface area contributed by atoms with Crippen LogP contribution in [0.15, 0.2) is 35.6 Å². The second-order valence-corrected chi connectivity index (χ2v) is 8.80. The van der Waals surface area contributed by atoms with Crippen LogP contribution in [-0.4, -0.2) is 27.7 Å². The predicted molar refractivity (Wildman–Crippen MR) is 105 cm³/mol. The fourth-order valence-electron chi connectivity index (χ4n) is 3.24. The first-order valence-corrected chi connectivity index (χ1v) is 10.0. The number of carbonyl (C=O) groups is 1. The second-order valence-electron chi connectivity index (χ2n) is 6.27. The van der Waals surface area contributed by atoms with Gasteiger partial charge in [0.05, 0.1) is 5.25 Å². The summed E-state index contributed by atoms with van der Waals surface area (Å²) in [6.45, 7) is 6.94. The van der Waals surface area contributed by atoms with Crippen LogP contribution >= 0.6 is 23.1 Å². The van der Waals surface area contributed by atoms with Crippen LogP contribution in [0.2, 0.25) is 0 Å². The number of hydrogen-bond acceptors (Lipinski definition) is 5. The molecule has 0 saturated carbocycles. The Morgan fingerprint density at radius 2 is 2.08 bits per heavy atom. The van der Waals surface area contributed by atoms with E-state index in [1.165, 1.54) is 27.8 Å². The number of amides is 1. The van der Waals surface area contributed by atoms with E-state index in [1.807, 2.05) is 30.0 Å². The molecule has 2 aromatic heterocycles. The Morgan fingerprint density at radius 3 is 2.92 bits per heavy atom. The fourth-order valence-corrected chi connectivity index (χ4v) is 5.34. The van der Waals surface area contributed by atoms with E-state index in [9.17, 15) is 4.79 Å². The average molecular weight is 370 g/mol. The number of nitrogens with zero attached hydrogens (tertiary/aromatic N) is 3. The lowest BCUT2D eigenvalue weighted by Crippen LogP contribution is -2.35. The number of benzene rings is 1.